The SMILES string of the molecule is Cc1nc(Cn2cccc2CNCC(C)C)cs1. The second-order valence-corrected chi connectivity index (χ2v) is 6.07. The summed E-state index contributed by atoms with van der Waals surface area (Å²) >= 11 is 1.71. The molecule has 3 nitrogen and oxygen atoms in total. The summed E-state index contributed by atoms with van der Waals surface area (Å²) in [5.74, 6) is 0.689. The average Bonchev–Trinajstić information content (AvgIpc) is 2.89. The molecule has 0 aliphatic heterocycles. The molecular formula is C14H21N3S. The summed E-state index contributed by atoms with van der Waals surface area (Å²) in [6.45, 7) is 9.36. The molecule has 0 spiro atoms. The molecule has 18 heavy (non-hydrogen) atoms. The third-order valence-corrected chi connectivity index (χ3v) is 3.60. The maximum Gasteiger partial charge on any atom is 0.0898 e. The van der Waals surface area contributed by atoms with E-state index < -0.39 is 0 Å². The second kappa shape index (κ2) is 6.16. The van der Waals surface area contributed by atoms with Gasteiger partial charge in [0, 0.05) is 23.8 Å². The first-order chi connectivity index (χ1) is 8.65. The standard InChI is InChI=1S/C14H21N3S/c1-11(2)7-15-8-14-5-4-6-17(14)9-13-10-18-12(3)16-13/h4-6,10-11,15H,7-9H2,1-3H3. The summed E-state index contributed by atoms with van der Waals surface area (Å²) in [6.07, 6.45) is 2.13. The molecule has 2 rings (SSSR count). The zero-order chi connectivity index (χ0) is 13.0. The lowest BCUT2D eigenvalue weighted by Gasteiger charge is -2.10. The van der Waals surface area contributed by atoms with Crippen LogP contribution in [-0.2, 0) is 13.1 Å². The van der Waals surface area contributed by atoms with E-state index in [2.05, 4.69) is 59.3 Å². The Morgan fingerprint density at radius 3 is 2.94 bits per heavy atom. The van der Waals surface area contributed by atoms with Gasteiger partial charge in [0.25, 0.3) is 0 Å². The topological polar surface area (TPSA) is 29.9 Å². The van der Waals surface area contributed by atoms with Crippen molar-refractivity contribution in [3.63, 3.8) is 0 Å². The number of nitrogens with one attached hydrogen (secondary N) is 1. The van der Waals surface area contributed by atoms with Gasteiger partial charge in [-0.2, -0.15) is 0 Å². The molecule has 0 amide bonds. The van der Waals surface area contributed by atoms with Gasteiger partial charge in [-0.05, 0) is 31.5 Å². The van der Waals surface area contributed by atoms with Crippen molar-refractivity contribution < 1.29 is 0 Å². The van der Waals surface area contributed by atoms with E-state index in [0.717, 1.165) is 30.3 Å². The minimum absolute atomic E-state index is 0.689. The van der Waals surface area contributed by atoms with Crippen molar-refractivity contribution in [1.82, 2.24) is 14.9 Å². The van der Waals surface area contributed by atoms with Crippen molar-refractivity contribution in [3.8, 4) is 0 Å². The van der Waals surface area contributed by atoms with E-state index in [1.807, 2.05) is 0 Å². The first-order valence-electron chi connectivity index (χ1n) is 6.41. The maximum atomic E-state index is 4.51. The van der Waals surface area contributed by atoms with Crippen molar-refractivity contribution in [2.75, 3.05) is 6.54 Å². The molecule has 0 radical (unpaired) electrons. The number of hydrogen-bond acceptors (Lipinski definition) is 3. The molecule has 1 N–H and O–H groups in total. The Kier molecular flexibility index (Phi) is 4.55. The number of thiazole rings is 1. The van der Waals surface area contributed by atoms with Gasteiger partial charge in [0.15, 0.2) is 0 Å². The minimum Gasteiger partial charge on any atom is -0.344 e. The molecule has 0 bridgehead atoms. The number of hydrogen-bond donors (Lipinski definition) is 1. The number of aromatic nitrogens is 2. The third-order valence-electron chi connectivity index (χ3n) is 2.78. The van der Waals surface area contributed by atoms with E-state index in [1.165, 1.54) is 5.69 Å². The van der Waals surface area contributed by atoms with Crippen LogP contribution in [0, 0.1) is 12.8 Å². The molecule has 98 valence electrons. The zero-order valence-electron chi connectivity index (χ0n) is 11.3. The van der Waals surface area contributed by atoms with Crippen LogP contribution in [0.4, 0.5) is 0 Å². The van der Waals surface area contributed by atoms with Gasteiger partial charge in [0.05, 0.1) is 17.2 Å². The monoisotopic (exact) mass is 263 g/mol. The third kappa shape index (κ3) is 3.68. The molecule has 0 unspecified atom stereocenters. The van der Waals surface area contributed by atoms with E-state index in [9.17, 15) is 0 Å². The lowest BCUT2D eigenvalue weighted by molar-refractivity contribution is 0.538. The Morgan fingerprint density at radius 1 is 1.44 bits per heavy atom. The first kappa shape index (κ1) is 13.3. The molecule has 0 fully saturated rings. The summed E-state index contributed by atoms with van der Waals surface area (Å²) in [7, 11) is 0. The number of rotatable bonds is 6. The highest BCUT2D eigenvalue weighted by atomic mass is 32.1. The fourth-order valence-electron chi connectivity index (χ4n) is 1.91. The van der Waals surface area contributed by atoms with E-state index in [0.29, 0.717) is 5.92 Å². The number of aryl methyl sites for hydroxylation is 1. The molecule has 2 heterocycles. The summed E-state index contributed by atoms with van der Waals surface area (Å²) in [5.41, 5.74) is 2.47. The van der Waals surface area contributed by atoms with Crippen LogP contribution in [0.1, 0.15) is 30.2 Å². The highest BCUT2D eigenvalue weighted by molar-refractivity contribution is 7.09. The molecule has 0 aromatic carbocycles. The van der Waals surface area contributed by atoms with Crippen LogP contribution in [-0.4, -0.2) is 16.1 Å². The van der Waals surface area contributed by atoms with Gasteiger partial charge in [-0.3, -0.25) is 0 Å². The molecule has 2 aromatic rings. The van der Waals surface area contributed by atoms with Gasteiger partial charge in [-0.15, -0.1) is 11.3 Å². The van der Waals surface area contributed by atoms with Crippen molar-refractivity contribution in [2.45, 2.75) is 33.9 Å². The van der Waals surface area contributed by atoms with Crippen LogP contribution < -0.4 is 5.32 Å². The molecule has 0 saturated carbocycles. The van der Waals surface area contributed by atoms with E-state index in [-0.39, 0.29) is 0 Å². The van der Waals surface area contributed by atoms with E-state index in [4.69, 9.17) is 0 Å². The van der Waals surface area contributed by atoms with Crippen LogP contribution in [0.2, 0.25) is 0 Å². The normalized spacial score (nSPS) is 11.3. The second-order valence-electron chi connectivity index (χ2n) is 5.01. The molecule has 4 heteroatoms. The predicted molar refractivity (Wildman–Crippen MR) is 76.9 cm³/mol. The van der Waals surface area contributed by atoms with Crippen molar-refractivity contribution >= 4 is 11.3 Å². The maximum absolute atomic E-state index is 4.51. The van der Waals surface area contributed by atoms with Crippen molar-refractivity contribution in [2.24, 2.45) is 5.92 Å². The molecule has 0 atom stereocenters. The van der Waals surface area contributed by atoms with Crippen LogP contribution >= 0.6 is 11.3 Å². The lowest BCUT2D eigenvalue weighted by Crippen LogP contribution is -2.20. The Morgan fingerprint density at radius 2 is 2.28 bits per heavy atom. The van der Waals surface area contributed by atoms with Gasteiger partial charge < -0.3 is 9.88 Å². The first-order valence-corrected chi connectivity index (χ1v) is 7.29. The van der Waals surface area contributed by atoms with Crippen LogP contribution in [0.15, 0.2) is 23.7 Å². The van der Waals surface area contributed by atoms with Gasteiger partial charge in [0.1, 0.15) is 0 Å². The Bertz CT molecular complexity index is 485. The lowest BCUT2D eigenvalue weighted by atomic mass is 10.2. The van der Waals surface area contributed by atoms with Crippen LogP contribution in [0.25, 0.3) is 0 Å². The minimum atomic E-state index is 0.689. The van der Waals surface area contributed by atoms with Crippen molar-refractivity contribution in [1.29, 1.82) is 0 Å². The van der Waals surface area contributed by atoms with Gasteiger partial charge in [0.2, 0.25) is 0 Å². The largest absolute Gasteiger partial charge is 0.344 e. The highest BCUT2D eigenvalue weighted by Gasteiger charge is 2.04. The summed E-state index contributed by atoms with van der Waals surface area (Å²) in [5, 5.41) is 6.76. The Balaban J connectivity index is 1.95. The van der Waals surface area contributed by atoms with Gasteiger partial charge in [-0.25, -0.2) is 4.98 Å². The van der Waals surface area contributed by atoms with E-state index >= 15 is 0 Å². The quantitative estimate of drug-likeness (QED) is 0.868. The van der Waals surface area contributed by atoms with Gasteiger partial charge >= 0.3 is 0 Å². The van der Waals surface area contributed by atoms with Crippen molar-refractivity contribution in [3.05, 3.63) is 40.1 Å². The smallest absolute Gasteiger partial charge is 0.0898 e. The zero-order valence-corrected chi connectivity index (χ0v) is 12.1. The number of nitrogens with zero attached hydrogens (tertiary/aromatic N) is 2. The van der Waals surface area contributed by atoms with E-state index in [1.54, 1.807) is 11.3 Å². The Hall–Kier alpha value is -1.13. The molecule has 0 saturated heterocycles. The van der Waals surface area contributed by atoms with Crippen LogP contribution in [0.5, 0.6) is 0 Å². The fraction of sp³-hybridized carbons (Fsp3) is 0.500. The molecule has 0 aliphatic carbocycles. The van der Waals surface area contributed by atoms with Crippen LogP contribution in [0.3, 0.4) is 0 Å². The summed E-state index contributed by atoms with van der Waals surface area (Å²) in [4.78, 5) is 4.51. The average molecular weight is 263 g/mol. The molecule has 2 aromatic heterocycles. The predicted octanol–water partition coefficient (Wildman–Crippen LogP) is 3.05. The van der Waals surface area contributed by atoms with Gasteiger partial charge in [-0.1, -0.05) is 13.8 Å². The fourth-order valence-corrected chi connectivity index (χ4v) is 2.51. The summed E-state index contributed by atoms with van der Waals surface area (Å²) < 4.78 is 2.27. The summed E-state index contributed by atoms with van der Waals surface area (Å²) in [6, 6.07) is 4.28. The Labute approximate surface area is 113 Å². The molecule has 0 aliphatic rings. The molecular weight excluding hydrogens is 242 g/mol. The highest BCUT2D eigenvalue weighted by Crippen LogP contribution is 2.11.